The summed E-state index contributed by atoms with van der Waals surface area (Å²) in [5, 5.41) is 10.7. The van der Waals surface area contributed by atoms with Crippen molar-refractivity contribution in [2.45, 2.75) is 46.3 Å². The van der Waals surface area contributed by atoms with Gasteiger partial charge in [0, 0.05) is 6.20 Å². The van der Waals surface area contributed by atoms with Gasteiger partial charge in [-0.1, -0.05) is 12.2 Å². The van der Waals surface area contributed by atoms with Crippen LogP contribution in [-0.4, -0.2) is 33.7 Å². The van der Waals surface area contributed by atoms with E-state index in [0.29, 0.717) is 5.71 Å². The molecule has 0 heterocycles. The van der Waals surface area contributed by atoms with Crippen molar-refractivity contribution in [1.29, 1.82) is 0 Å². The van der Waals surface area contributed by atoms with Gasteiger partial charge in [-0.15, -0.1) is 0 Å². The zero-order valence-corrected chi connectivity index (χ0v) is 12.6. The molecule has 1 amide bonds. The number of rotatable bonds is 2. The molecule has 1 aliphatic carbocycles. The molecule has 0 bridgehead atoms. The summed E-state index contributed by atoms with van der Waals surface area (Å²) in [4.78, 5) is 15.4. The van der Waals surface area contributed by atoms with Gasteiger partial charge in [-0.3, -0.25) is 10.3 Å². The van der Waals surface area contributed by atoms with Crippen molar-refractivity contribution in [2.24, 2.45) is 4.99 Å². The minimum atomic E-state index is -0.611. The van der Waals surface area contributed by atoms with Crippen LogP contribution < -0.4 is 0 Å². The second-order valence-corrected chi connectivity index (χ2v) is 5.79. The highest BCUT2D eigenvalue weighted by Gasteiger charge is 2.15. The molecule has 0 spiro atoms. The molecule has 0 atom stereocenters. The van der Waals surface area contributed by atoms with Gasteiger partial charge in [0.15, 0.2) is 0 Å². The predicted molar refractivity (Wildman–Crippen MR) is 78.8 cm³/mol. The Hall–Kier alpha value is -1.88. The highest BCUT2D eigenvalue weighted by Crippen LogP contribution is 2.11. The van der Waals surface area contributed by atoms with Crippen molar-refractivity contribution in [2.75, 3.05) is 0 Å². The van der Waals surface area contributed by atoms with E-state index in [1.54, 1.807) is 51.3 Å². The number of carbonyl (C=O) groups is 1. The fourth-order valence-electron chi connectivity index (χ4n) is 1.33. The SMILES string of the molecule is CC(C)N(O)C=C1C=CC(=NC(=O)OC(C)(C)C)C=C1. The van der Waals surface area contributed by atoms with Crippen LogP contribution in [0.5, 0.6) is 0 Å². The molecular formula is C15H22N2O3. The Morgan fingerprint density at radius 2 is 1.85 bits per heavy atom. The van der Waals surface area contributed by atoms with Gasteiger partial charge in [0.1, 0.15) is 5.60 Å². The highest BCUT2D eigenvalue weighted by molar-refractivity contribution is 6.09. The normalized spacial score (nSPS) is 14.6. The van der Waals surface area contributed by atoms with E-state index in [1.165, 1.54) is 0 Å². The monoisotopic (exact) mass is 278 g/mol. The Labute approximate surface area is 119 Å². The Bertz CT molecular complexity index is 462. The summed E-state index contributed by atoms with van der Waals surface area (Å²) in [5.41, 5.74) is 0.790. The zero-order chi connectivity index (χ0) is 15.3. The number of nitrogens with zero attached hydrogens (tertiary/aromatic N) is 2. The van der Waals surface area contributed by atoms with Crippen LogP contribution in [0.2, 0.25) is 0 Å². The number of carbonyl (C=O) groups excluding carboxylic acids is 1. The maximum absolute atomic E-state index is 11.5. The molecule has 0 aromatic heterocycles. The first kappa shape index (κ1) is 16.2. The van der Waals surface area contributed by atoms with Crippen LogP contribution in [0, 0.1) is 0 Å². The minimum Gasteiger partial charge on any atom is -0.442 e. The lowest BCUT2D eigenvalue weighted by Crippen LogP contribution is -2.22. The average molecular weight is 278 g/mol. The van der Waals surface area contributed by atoms with Gasteiger partial charge in [-0.25, -0.2) is 4.79 Å². The number of ether oxygens (including phenoxy) is 1. The minimum absolute atomic E-state index is 0.00104. The van der Waals surface area contributed by atoms with E-state index in [1.807, 2.05) is 13.8 Å². The first-order valence-electron chi connectivity index (χ1n) is 6.54. The molecular weight excluding hydrogens is 256 g/mol. The van der Waals surface area contributed by atoms with E-state index in [2.05, 4.69) is 4.99 Å². The Balaban J connectivity index is 2.69. The molecule has 1 aliphatic rings. The maximum atomic E-state index is 11.5. The van der Waals surface area contributed by atoms with Gasteiger partial charge < -0.3 is 4.74 Å². The number of allylic oxidation sites excluding steroid dienone is 5. The van der Waals surface area contributed by atoms with Gasteiger partial charge in [-0.2, -0.15) is 4.99 Å². The highest BCUT2D eigenvalue weighted by atomic mass is 16.6. The maximum Gasteiger partial charge on any atom is 0.434 e. The van der Waals surface area contributed by atoms with Crippen LogP contribution >= 0.6 is 0 Å². The van der Waals surface area contributed by atoms with E-state index >= 15 is 0 Å². The molecule has 1 N–H and O–H groups in total. The van der Waals surface area contributed by atoms with E-state index < -0.39 is 11.7 Å². The Morgan fingerprint density at radius 3 is 2.30 bits per heavy atom. The molecule has 0 aromatic rings. The average Bonchev–Trinajstić information content (AvgIpc) is 2.28. The van der Waals surface area contributed by atoms with Crippen molar-refractivity contribution in [3.63, 3.8) is 0 Å². The van der Waals surface area contributed by atoms with Crippen LogP contribution in [0.1, 0.15) is 34.6 Å². The molecule has 5 nitrogen and oxygen atoms in total. The van der Waals surface area contributed by atoms with Crippen molar-refractivity contribution in [3.8, 4) is 0 Å². The Kier molecular flexibility index (Phi) is 5.27. The lowest BCUT2D eigenvalue weighted by atomic mass is 10.1. The van der Waals surface area contributed by atoms with Gasteiger partial charge in [0.2, 0.25) is 0 Å². The summed E-state index contributed by atoms with van der Waals surface area (Å²) in [6.07, 6.45) is 7.94. The van der Waals surface area contributed by atoms with Crippen molar-refractivity contribution in [1.82, 2.24) is 5.06 Å². The molecule has 0 radical (unpaired) electrons. The van der Waals surface area contributed by atoms with E-state index in [0.717, 1.165) is 10.6 Å². The third kappa shape index (κ3) is 5.84. The molecule has 0 fully saturated rings. The predicted octanol–water partition coefficient (Wildman–Crippen LogP) is 3.47. The van der Waals surface area contributed by atoms with Crippen LogP contribution in [-0.2, 0) is 4.74 Å². The van der Waals surface area contributed by atoms with Crippen molar-refractivity contribution in [3.05, 3.63) is 36.1 Å². The number of aliphatic imine (C=N–C) groups is 1. The molecule has 0 unspecified atom stereocenters. The van der Waals surface area contributed by atoms with Gasteiger partial charge >= 0.3 is 6.09 Å². The molecule has 20 heavy (non-hydrogen) atoms. The van der Waals surface area contributed by atoms with Crippen molar-refractivity contribution >= 4 is 11.8 Å². The van der Waals surface area contributed by atoms with Crippen LogP contribution in [0.15, 0.2) is 41.1 Å². The number of hydroxylamine groups is 2. The summed E-state index contributed by atoms with van der Waals surface area (Å²) < 4.78 is 5.11. The molecule has 5 heteroatoms. The number of hydrogen-bond acceptors (Lipinski definition) is 4. The fraction of sp³-hybridized carbons (Fsp3) is 0.467. The van der Waals surface area contributed by atoms with E-state index in [9.17, 15) is 10.0 Å². The van der Waals surface area contributed by atoms with Crippen LogP contribution in [0.25, 0.3) is 0 Å². The number of amides is 1. The standard InChI is InChI=1S/C15H22N2O3/c1-11(2)17(19)10-12-6-8-13(9-7-12)16-14(18)20-15(3,4)5/h6-11,19H,1-5H3. The first-order valence-corrected chi connectivity index (χ1v) is 6.54. The van der Waals surface area contributed by atoms with Crippen molar-refractivity contribution < 1.29 is 14.7 Å². The van der Waals surface area contributed by atoms with E-state index in [4.69, 9.17) is 4.74 Å². The van der Waals surface area contributed by atoms with E-state index in [-0.39, 0.29) is 6.04 Å². The van der Waals surface area contributed by atoms with Gasteiger partial charge in [-0.05, 0) is 52.3 Å². The summed E-state index contributed by atoms with van der Waals surface area (Å²) in [6.45, 7) is 9.13. The largest absolute Gasteiger partial charge is 0.442 e. The molecule has 0 saturated carbocycles. The molecule has 0 aromatic carbocycles. The third-order valence-electron chi connectivity index (χ3n) is 2.32. The third-order valence-corrected chi connectivity index (χ3v) is 2.32. The van der Waals surface area contributed by atoms with Crippen LogP contribution in [0.3, 0.4) is 0 Å². The summed E-state index contributed by atoms with van der Waals surface area (Å²) in [7, 11) is 0. The zero-order valence-electron chi connectivity index (χ0n) is 12.6. The topological polar surface area (TPSA) is 62.1 Å². The quantitative estimate of drug-likeness (QED) is 0.786. The molecule has 0 aliphatic heterocycles. The first-order chi connectivity index (χ1) is 9.17. The lowest BCUT2D eigenvalue weighted by molar-refractivity contribution is -0.0681. The van der Waals surface area contributed by atoms with Gasteiger partial charge in [0.05, 0.1) is 11.8 Å². The summed E-state index contributed by atoms with van der Waals surface area (Å²) >= 11 is 0. The van der Waals surface area contributed by atoms with Crippen LogP contribution in [0.4, 0.5) is 4.79 Å². The molecule has 110 valence electrons. The smallest absolute Gasteiger partial charge is 0.434 e. The number of hydrogen-bond donors (Lipinski definition) is 1. The lowest BCUT2D eigenvalue weighted by Gasteiger charge is -2.18. The second-order valence-electron chi connectivity index (χ2n) is 5.79. The summed E-state index contributed by atoms with van der Waals surface area (Å²) in [5.74, 6) is 0. The Morgan fingerprint density at radius 1 is 1.30 bits per heavy atom. The fourth-order valence-corrected chi connectivity index (χ4v) is 1.33. The molecule has 0 saturated heterocycles. The summed E-state index contributed by atoms with van der Waals surface area (Å²) in [6, 6.07) is 0.00104. The molecule has 1 rings (SSSR count). The van der Waals surface area contributed by atoms with Gasteiger partial charge in [0.25, 0.3) is 0 Å². The second kappa shape index (κ2) is 6.52.